The van der Waals surface area contributed by atoms with Crippen LogP contribution in [-0.2, 0) is 15.7 Å². The number of unbranched alkanes of at least 4 members (excludes halogenated alkanes) is 1. The van der Waals surface area contributed by atoms with Crippen molar-refractivity contribution in [3.63, 3.8) is 0 Å². The van der Waals surface area contributed by atoms with Crippen LogP contribution in [0.5, 0.6) is 0 Å². The molecule has 112 valence electrons. The average molecular weight is 287 g/mol. The van der Waals surface area contributed by atoms with Crippen molar-refractivity contribution in [1.82, 2.24) is 4.72 Å². The zero-order valence-electron chi connectivity index (χ0n) is 13.4. The third-order valence-corrected chi connectivity index (χ3v) is 3.85. The second-order valence-electron chi connectivity index (χ2n) is 6.65. The molecule has 0 aliphatic rings. The highest BCUT2D eigenvalue weighted by molar-refractivity contribution is 7.84. The quantitative estimate of drug-likeness (QED) is 0.787. The van der Waals surface area contributed by atoms with E-state index in [1.165, 1.54) is 0 Å². The second kappa shape index (κ2) is 7.91. The molecule has 0 aromatic carbocycles. The van der Waals surface area contributed by atoms with Crippen LogP contribution in [0.1, 0.15) is 67.7 Å². The molecule has 0 unspecified atom stereocenters. The minimum absolute atomic E-state index is 0.0811. The van der Waals surface area contributed by atoms with Gasteiger partial charge in [0.25, 0.3) is 0 Å². The molecule has 0 rings (SSSR count). The zero-order chi connectivity index (χ0) is 15.1. The molecule has 19 heavy (non-hydrogen) atoms. The first-order valence-corrected chi connectivity index (χ1v) is 8.08. The Balaban J connectivity index is 4.59. The fraction of sp³-hybridized carbons (Fsp3) is 0.867. The zero-order valence-corrected chi connectivity index (χ0v) is 14.2. The van der Waals surface area contributed by atoms with Crippen molar-refractivity contribution in [2.75, 3.05) is 0 Å². The summed E-state index contributed by atoms with van der Waals surface area (Å²) in [5.41, 5.74) is -0.272. The van der Waals surface area contributed by atoms with E-state index in [1.807, 2.05) is 41.5 Å². The molecule has 0 saturated heterocycles. The summed E-state index contributed by atoms with van der Waals surface area (Å²) >= 11 is 0. The molecular formula is C15H29NO2S. The average Bonchev–Trinajstić information content (AvgIpc) is 2.22. The number of ether oxygens (including phenoxy) is 1. The molecule has 0 spiro atoms. The normalized spacial score (nSPS) is 15.3. The number of nitrogens with one attached hydrogen (secondary N) is 1. The van der Waals surface area contributed by atoms with E-state index in [-0.39, 0.29) is 16.4 Å². The number of rotatable bonds is 5. The molecule has 2 atom stereocenters. The third kappa shape index (κ3) is 9.98. The van der Waals surface area contributed by atoms with Crippen LogP contribution < -0.4 is 4.72 Å². The molecular weight excluding hydrogens is 258 g/mol. The van der Waals surface area contributed by atoms with Crippen molar-refractivity contribution < 1.29 is 8.95 Å². The summed E-state index contributed by atoms with van der Waals surface area (Å²) in [7, 11) is -1.10. The van der Waals surface area contributed by atoms with Crippen LogP contribution in [0, 0.1) is 12.0 Å². The summed E-state index contributed by atoms with van der Waals surface area (Å²) in [6.45, 7) is 13.9. The third-order valence-electron chi connectivity index (χ3n) is 2.24. The Labute approximate surface area is 121 Å². The lowest BCUT2D eigenvalue weighted by Crippen LogP contribution is -2.39. The van der Waals surface area contributed by atoms with Gasteiger partial charge in [0.15, 0.2) is 0 Å². The SMILES string of the molecule is CCCC[C@H](C#COC(C)(C)C)N[S@@](=O)C(C)(C)C. The lowest BCUT2D eigenvalue weighted by atomic mass is 10.1. The highest BCUT2D eigenvalue weighted by Gasteiger charge is 2.22. The first-order valence-electron chi connectivity index (χ1n) is 6.93. The fourth-order valence-corrected chi connectivity index (χ4v) is 1.92. The van der Waals surface area contributed by atoms with Gasteiger partial charge in [0.1, 0.15) is 11.7 Å². The van der Waals surface area contributed by atoms with Gasteiger partial charge in [0.2, 0.25) is 0 Å². The first-order chi connectivity index (χ1) is 8.56. The molecule has 0 amide bonds. The van der Waals surface area contributed by atoms with Crippen LogP contribution >= 0.6 is 0 Å². The lowest BCUT2D eigenvalue weighted by molar-refractivity contribution is 0.0960. The van der Waals surface area contributed by atoms with E-state index in [0.29, 0.717) is 0 Å². The van der Waals surface area contributed by atoms with Crippen molar-refractivity contribution in [3.8, 4) is 12.0 Å². The fourth-order valence-electron chi connectivity index (χ4n) is 1.13. The molecule has 0 aliphatic carbocycles. The van der Waals surface area contributed by atoms with Gasteiger partial charge in [-0.25, -0.2) is 8.93 Å². The van der Waals surface area contributed by atoms with E-state index in [2.05, 4.69) is 23.7 Å². The van der Waals surface area contributed by atoms with Gasteiger partial charge in [-0.15, -0.1) is 0 Å². The monoisotopic (exact) mass is 287 g/mol. The van der Waals surface area contributed by atoms with Crippen molar-refractivity contribution in [2.45, 2.75) is 84.1 Å². The largest absolute Gasteiger partial charge is 0.441 e. The van der Waals surface area contributed by atoms with Gasteiger partial charge in [-0.3, -0.25) is 0 Å². The number of hydrogen-bond donors (Lipinski definition) is 1. The highest BCUT2D eigenvalue weighted by atomic mass is 32.2. The number of hydrogen-bond acceptors (Lipinski definition) is 2. The molecule has 0 aromatic heterocycles. The van der Waals surface area contributed by atoms with Gasteiger partial charge in [-0.1, -0.05) is 19.8 Å². The Morgan fingerprint density at radius 3 is 2.21 bits per heavy atom. The van der Waals surface area contributed by atoms with Gasteiger partial charge >= 0.3 is 0 Å². The molecule has 0 fully saturated rings. The summed E-state index contributed by atoms with van der Waals surface area (Å²) < 4.78 is 20.3. The summed E-state index contributed by atoms with van der Waals surface area (Å²) in [6, 6.07) is -0.0811. The lowest BCUT2D eigenvalue weighted by Gasteiger charge is -2.21. The maximum atomic E-state index is 12.1. The van der Waals surface area contributed by atoms with Gasteiger partial charge in [0.05, 0.1) is 21.8 Å². The van der Waals surface area contributed by atoms with Crippen LogP contribution in [0.2, 0.25) is 0 Å². The minimum Gasteiger partial charge on any atom is -0.441 e. The summed E-state index contributed by atoms with van der Waals surface area (Å²) in [5.74, 6) is 3.04. The van der Waals surface area contributed by atoms with Gasteiger partial charge in [-0.2, -0.15) is 0 Å². The second-order valence-corrected chi connectivity index (χ2v) is 8.65. The van der Waals surface area contributed by atoms with Crippen LogP contribution in [0.4, 0.5) is 0 Å². The topological polar surface area (TPSA) is 38.3 Å². The molecule has 4 heteroatoms. The predicted molar refractivity (Wildman–Crippen MR) is 83.0 cm³/mol. The molecule has 0 radical (unpaired) electrons. The van der Waals surface area contributed by atoms with E-state index in [0.717, 1.165) is 19.3 Å². The molecule has 3 nitrogen and oxygen atoms in total. The molecule has 0 bridgehead atoms. The molecule has 0 heterocycles. The Hall–Kier alpha value is -0.530. The van der Waals surface area contributed by atoms with E-state index < -0.39 is 11.0 Å². The van der Waals surface area contributed by atoms with Crippen LogP contribution in [0.25, 0.3) is 0 Å². The maximum absolute atomic E-state index is 12.1. The van der Waals surface area contributed by atoms with Gasteiger partial charge in [0, 0.05) is 0 Å². The summed E-state index contributed by atoms with van der Waals surface area (Å²) in [5, 5.41) is 0. The highest BCUT2D eigenvalue weighted by Crippen LogP contribution is 2.11. The Bertz CT molecular complexity index is 342. The summed E-state index contributed by atoms with van der Waals surface area (Å²) in [6.07, 6.45) is 5.79. The predicted octanol–water partition coefficient (Wildman–Crippen LogP) is 3.37. The Morgan fingerprint density at radius 2 is 1.79 bits per heavy atom. The van der Waals surface area contributed by atoms with Crippen molar-refractivity contribution in [3.05, 3.63) is 0 Å². The van der Waals surface area contributed by atoms with Crippen LogP contribution in [-0.4, -0.2) is 20.6 Å². The molecule has 1 N–H and O–H groups in total. The molecule has 0 aromatic rings. The van der Waals surface area contributed by atoms with E-state index in [1.54, 1.807) is 0 Å². The van der Waals surface area contributed by atoms with E-state index in [4.69, 9.17) is 4.74 Å². The van der Waals surface area contributed by atoms with E-state index >= 15 is 0 Å². The minimum atomic E-state index is -1.10. The van der Waals surface area contributed by atoms with Crippen molar-refractivity contribution in [1.29, 1.82) is 0 Å². The maximum Gasteiger partial charge on any atom is 0.112 e. The van der Waals surface area contributed by atoms with Crippen LogP contribution in [0.3, 0.4) is 0 Å². The molecule has 0 aliphatic heterocycles. The molecule has 0 saturated carbocycles. The van der Waals surface area contributed by atoms with Gasteiger partial charge in [-0.05, 0) is 53.9 Å². The Morgan fingerprint density at radius 1 is 1.21 bits per heavy atom. The van der Waals surface area contributed by atoms with Crippen LogP contribution in [0.15, 0.2) is 0 Å². The van der Waals surface area contributed by atoms with Crippen molar-refractivity contribution in [2.24, 2.45) is 0 Å². The standard InChI is InChI=1S/C15H29NO2S/c1-8-9-10-13(11-12-18-14(2,3)4)16-19(17)15(5,6)7/h13,16H,8-10H2,1-7H3/t13-,19+/m1/s1. The van der Waals surface area contributed by atoms with E-state index in [9.17, 15) is 4.21 Å². The van der Waals surface area contributed by atoms with Crippen molar-refractivity contribution >= 4 is 11.0 Å². The smallest absolute Gasteiger partial charge is 0.112 e. The Kier molecular flexibility index (Phi) is 7.69. The summed E-state index contributed by atoms with van der Waals surface area (Å²) in [4.78, 5) is 0. The first kappa shape index (κ1) is 18.5. The van der Waals surface area contributed by atoms with Gasteiger partial charge < -0.3 is 4.74 Å².